The van der Waals surface area contributed by atoms with Crippen LogP contribution in [0.25, 0.3) is 0 Å². The number of hydrogen-bond acceptors (Lipinski definition) is 2. The third-order valence-electron chi connectivity index (χ3n) is 4.07. The van der Waals surface area contributed by atoms with E-state index >= 15 is 0 Å². The first-order chi connectivity index (χ1) is 8.25. The van der Waals surface area contributed by atoms with E-state index in [9.17, 15) is 5.11 Å². The Morgan fingerprint density at radius 3 is 2.94 bits per heavy atom. The average Bonchev–Trinajstić information content (AvgIpc) is 2.36. The second-order valence-corrected chi connectivity index (χ2v) is 5.20. The van der Waals surface area contributed by atoms with E-state index in [1.807, 2.05) is 18.2 Å². The van der Waals surface area contributed by atoms with Gasteiger partial charge in [-0.2, -0.15) is 0 Å². The van der Waals surface area contributed by atoms with Gasteiger partial charge in [-0.3, -0.25) is 0 Å². The molecule has 3 rings (SSSR count). The van der Waals surface area contributed by atoms with Crippen molar-refractivity contribution in [2.75, 3.05) is 6.61 Å². The molecule has 17 heavy (non-hydrogen) atoms. The minimum absolute atomic E-state index is 0.0315. The van der Waals surface area contributed by atoms with Crippen LogP contribution in [0.15, 0.2) is 35.9 Å². The molecule has 2 nitrogen and oxygen atoms in total. The van der Waals surface area contributed by atoms with Crippen LogP contribution in [0.5, 0.6) is 5.75 Å². The van der Waals surface area contributed by atoms with E-state index in [0.29, 0.717) is 17.6 Å². The van der Waals surface area contributed by atoms with E-state index in [-0.39, 0.29) is 6.10 Å². The van der Waals surface area contributed by atoms with Gasteiger partial charge in [0.25, 0.3) is 0 Å². The zero-order chi connectivity index (χ0) is 11.8. The number of phenolic OH excluding ortho intramolecular Hbond substituents is 1. The van der Waals surface area contributed by atoms with Crippen molar-refractivity contribution in [1.82, 2.24) is 0 Å². The molecule has 1 aromatic carbocycles. The quantitative estimate of drug-likeness (QED) is 0.749. The molecule has 0 unspecified atom stereocenters. The van der Waals surface area contributed by atoms with Crippen molar-refractivity contribution < 1.29 is 9.84 Å². The van der Waals surface area contributed by atoms with Crippen molar-refractivity contribution in [3.8, 4) is 5.75 Å². The maximum Gasteiger partial charge on any atom is 0.121 e. The molecule has 0 aromatic heterocycles. The Labute approximate surface area is 102 Å². The summed E-state index contributed by atoms with van der Waals surface area (Å²) in [5, 5.41) is 9.95. The highest BCUT2D eigenvalue weighted by molar-refractivity contribution is 5.36. The molecule has 1 heterocycles. The first kappa shape index (κ1) is 10.8. The number of aromatic hydroxyl groups is 1. The highest BCUT2D eigenvalue weighted by Crippen LogP contribution is 2.45. The number of allylic oxidation sites excluding steroid dienone is 1. The monoisotopic (exact) mass is 230 g/mol. The van der Waals surface area contributed by atoms with Crippen LogP contribution < -0.4 is 0 Å². The van der Waals surface area contributed by atoms with E-state index in [1.54, 1.807) is 6.07 Å². The summed E-state index contributed by atoms with van der Waals surface area (Å²) in [6.45, 7) is 3.00. The minimum atomic E-state index is 0.0315. The van der Waals surface area contributed by atoms with Gasteiger partial charge in [-0.25, -0.2) is 0 Å². The summed E-state index contributed by atoms with van der Waals surface area (Å²) in [5.41, 5.74) is 2.35. The largest absolute Gasteiger partial charge is 0.508 e. The predicted octanol–water partition coefficient (Wildman–Crippen LogP) is 3.44. The van der Waals surface area contributed by atoms with Crippen LogP contribution in [0.4, 0.5) is 0 Å². The molecule has 1 aliphatic heterocycles. The Kier molecular flexibility index (Phi) is 2.67. The smallest absolute Gasteiger partial charge is 0.121 e. The SMILES string of the molecule is CC1=CC[C@@H]2CO[C@H](c3ccccc3O)[C@H]1C2. The highest BCUT2D eigenvalue weighted by Gasteiger charge is 2.36. The molecular weight excluding hydrogens is 212 g/mol. The van der Waals surface area contributed by atoms with E-state index in [0.717, 1.165) is 18.6 Å². The Hall–Kier alpha value is -1.28. The Morgan fingerprint density at radius 2 is 2.12 bits per heavy atom. The van der Waals surface area contributed by atoms with Gasteiger partial charge in [0.2, 0.25) is 0 Å². The van der Waals surface area contributed by atoms with Gasteiger partial charge in [0.1, 0.15) is 5.75 Å². The zero-order valence-electron chi connectivity index (χ0n) is 10.1. The average molecular weight is 230 g/mol. The summed E-state index contributed by atoms with van der Waals surface area (Å²) in [4.78, 5) is 0. The van der Waals surface area contributed by atoms with Crippen LogP contribution >= 0.6 is 0 Å². The molecule has 1 saturated heterocycles. The molecule has 1 aromatic rings. The van der Waals surface area contributed by atoms with Crippen molar-refractivity contribution >= 4 is 0 Å². The third-order valence-corrected chi connectivity index (χ3v) is 4.07. The van der Waals surface area contributed by atoms with E-state index < -0.39 is 0 Å². The highest BCUT2D eigenvalue weighted by atomic mass is 16.5. The normalized spacial score (nSPS) is 32.1. The number of hydrogen-bond donors (Lipinski definition) is 1. The number of benzene rings is 1. The van der Waals surface area contributed by atoms with Crippen LogP contribution in [0, 0.1) is 11.8 Å². The fourth-order valence-corrected chi connectivity index (χ4v) is 3.03. The second kappa shape index (κ2) is 4.19. The lowest BCUT2D eigenvalue weighted by molar-refractivity contribution is -0.0521. The minimum Gasteiger partial charge on any atom is -0.508 e. The van der Waals surface area contributed by atoms with Gasteiger partial charge < -0.3 is 9.84 Å². The number of fused-ring (bicyclic) bond motifs is 2. The molecule has 90 valence electrons. The molecule has 1 N–H and O–H groups in total. The fourth-order valence-electron chi connectivity index (χ4n) is 3.03. The van der Waals surface area contributed by atoms with E-state index in [2.05, 4.69) is 13.0 Å². The standard InChI is InChI=1S/C15H18O2/c1-10-6-7-11-8-13(10)15(17-9-11)12-4-2-3-5-14(12)16/h2-6,11,13,15-16H,7-9H2,1H3/t11-,13-,15+/m0/s1. The maximum absolute atomic E-state index is 9.95. The lowest BCUT2D eigenvalue weighted by Crippen LogP contribution is -2.32. The summed E-state index contributed by atoms with van der Waals surface area (Å²) < 4.78 is 5.98. The van der Waals surface area contributed by atoms with Gasteiger partial charge in [-0.05, 0) is 31.7 Å². The molecule has 2 heteroatoms. The number of ether oxygens (including phenoxy) is 1. The summed E-state index contributed by atoms with van der Waals surface area (Å²) in [7, 11) is 0. The van der Waals surface area contributed by atoms with Crippen LogP contribution in [0.3, 0.4) is 0 Å². The van der Waals surface area contributed by atoms with E-state index in [1.165, 1.54) is 12.0 Å². The van der Waals surface area contributed by atoms with Crippen LogP contribution in [-0.2, 0) is 4.74 Å². The summed E-state index contributed by atoms with van der Waals surface area (Å²) >= 11 is 0. The first-order valence-corrected chi connectivity index (χ1v) is 6.32. The summed E-state index contributed by atoms with van der Waals surface area (Å²) in [6.07, 6.45) is 4.72. The molecule has 0 radical (unpaired) electrons. The lowest BCUT2D eigenvalue weighted by Gasteiger charge is -2.40. The van der Waals surface area contributed by atoms with Gasteiger partial charge in [0.05, 0.1) is 12.7 Å². The molecule has 0 amide bonds. The van der Waals surface area contributed by atoms with Crippen LogP contribution in [0.2, 0.25) is 0 Å². The predicted molar refractivity (Wildman–Crippen MR) is 66.8 cm³/mol. The van der Waals surface area contributed by atoms with Gasteiger partial charge in [-0.1, -0.05) is 29.8 Å². The molecule has 1 aliphatic carbocycles. The number of phenols is 1. The lowest BCUT2D eigenvalue weighted by atomic mass is 9.75. The third kappa shape index (κ3) is 1.87. The molecule has 0 saturated carbocycles. The van der Waals surface area contributed by atoms with Crippen molar-refractivity contribution in [2.45, 2.75) is 25.9 Å². The topological polar surface area (TPSA) is 29.5 Å². The summed E-state index contributed by atoms with van der Waals surface area (Å²) in [5.74, 6) is 1.47. The molecule has 2 aliphatic rings. The van der Waals surface area contributed by atoms with Gasteiger partial charge in [-0.15, -0.1) is 0 Å². The number of para-hydroxylation sites is 1. The molecule has 2 bridgehead atoms. The van der Waals surface area contributed by atoms with Crippen molar-refractivity contribution in [3.63, 3.8) is 0 Å². The van der Waals surface area contributed by atoms with Gasteiger partial charge in [0.15, 0.2) is 0 Å². The van der Waals surface area contributed by atoms with Crippen LogP contribution in [-0.4, -0.2) is 11.7 Å². The van der Waals surface area contributed by atoms with E-state index in [4.69, 9.17) is 4.74 Å². The molecular formula is C15H18O2. The molecule has 3 atom stereocenters. The number of rotatable bonds is 1. The van der Waals surface area contributed by atoms with Crippen molar-refractivity contribution in [2.24, 2.45) is 11.8 Å². The molecule has 0 spiro atoms. The Bertz CT molecular complexity index is 450. The maximum atomic E-state index is 9.95. The first-order valence-electron chi connectivity index (χ1n) is 6.32. The Morgan fingerprint density at radius 1 is 1.29 bits per heavy atom. The summed E-state index contributed by atoms with van der Waals surface area (Å²) in [6, 6.07) is 7.54. The fraction of sp³-hybridized carbons (Fsp3) is 0.467. The molecule has 1 fully saturated rings. The second-order valence-electron chi connectivity index (χ2n) is 5.20. The van der Waals surface area contributed by atoms with Crippen molar-refractivity contribution in [1.29, 1.82) is 0 Å². The zero-order valence-corrected chi connectivity index (χ0v) is 10.1. The van der Waals surface area contributed by atoms with Gasteiger partial charge in [0, 0.05) is 11.5 Å². The van der Waals surface area contributed by atoms with Crippen molar-refractivity contribution in [3.05, 3.63) is 41.5 Å². The van der Waals surface area contributed by atoms with Crippen LogP contribution in [0.1, 0.15) is 31.4 Å². The Balaban J connectivity index is 1.96. The van der Waals surface area contributed by atoms with Gasteiger partial charge >= 0.3 is 0 Å².